The maximum atomic E-state index is 10.4. The Morgan fingerprint density at radius 3 is 2.38 bits per heavy atom. The zero-order valence-electron chi connectivity index (χ0n) is 11.0. The summed E-state index contributed by atoms with van der Waals surface area (Å²) in [5.74, 6) is 0. The standard InChI is InChI=1S/C13H27NO2/c1-12(2)5-7-13(15,8-6-12)11-14-9-4-10-16-3/h14-15H,4-11H2,1-3H3. The SMILES string of the molecule is COCCCNCC1(O)CCC(C)(C)CC1. The van der Waals surface area contributed by atoms with Gasteiger partial charge in [-0.05, 0) is 44.1 Å². The number of nitrogens with one attached hydrogen (secondary N) is 1. The highest BCUT2D eigenvalue weighted by atomic mass is 16.5. The van der Waals surface area contributed by atoms with Gasteiger partial charge in [0, 0.05) is 20.3 Å². The fourth-order valence-corrected chi connectivity index (χ4v) is 2.23. The highest BCUT2D eigenvalue weighted by Crippen LogP contribution is 2.39. The molecule has 1 fully saturated rings. The summed E-state index contributed by atoms with van der Waals surface area (Å²) in [6.45, 7) is 7.03. The third kappa shape index (κ3) is 4.81. The maximum absolute atomic E-state index is 10.4. The Labute approximate surface area is 99.6 Å². The molecule has 96 valence electrons. The summed E-state index contributed by atoms with van der Waals surface area (Å²) < 4.78 is 4.98. The van der Waals surface area contributed by atoms with E-state index in [4.69, 9.17) is 4.74 Å². The molecule has 3 nitrogen and oxygen atoms in total. The van der Waals surface area contributed by atoms with Crippen molar-refractivity contribution >= 4 is 0 Å². The van der Waals surface area contributed by atoms with E-state index >= 15 is 0 Å². The van der Waals surface area contributed by atoms with Gasteiger partial charge in [0.1, 0.15) is 0 Å². The van der Waals surface area contributed by atoms with Crippen molar-refractivity contribution in [3.63, 3.8) is 0 Å². The first kappa shape index (κ1) is 13.9. The van der Waals surface area contributed by atoms with Crippen LogP contribution in [0.15, 0.2) is 0 Å². The van der Waals surface area contributed by atoms with Crippen LogP contribution in [0.1, 0.15) is 46.0 Å². The summed E-state index contributed by atoms with van der Waals surface area (Å²) >= 11 is 0. The van der Waals surface area contributed by atoms with Crippen LogP contribution < -0.4 is 5.32 Å². The summed E-state index contributed by atoms with van der Waals surface area (Å²) in [5.41, 5.74) is -0.0507. The van der Waals surface area contributed by atoms with Gasteiger partial charge < -0.3 is 15.2 Å². The normalized spacial score (nSPS) is 23.2. The molecule has 0 bridgehead atoms. The molecule has 16 heavy (non-hydrogen) atoms. The molecule has 0 atom stereocenters. The molecule has 0 aromatic carbocycles. The van der Waals surface area contributed by atoms with Crippen molar-refractivity contribution in [1.29, 1.82) is 0 Å². The lowest BCUT2D eigenvalue weighted by Gasteiger charge is -2.40. The average molecular weight is 229 g/mol. The summed E-state index contributed by atoms with van der Waals surface area (Å²) in [6, 6.07) is 0. The van der Waals surface area contributed by atoms with Gasteiger partial charge >= 0.3 is 0 Å². The van der Waals surface area contributed by atoms with Gasteiger partial charge in [-0.15, -0.1) is 0 Å². The van der Waals surface area contributed by atoms with Crippen molar-refractivity contribution in [3.8, 4) is 0 Å². The second-order valence-corrected chi connectivity index (χ2v) is 5.91. The minimum Gasteiger partial charge on any atom is -0.389 e. The van der Waals surface area contributed by atoms with Crippen molar-refractivity contribution in [2.24, 2.45) is 5.41 Å². The highest BCUT2D eigenvalue weighted by Gasteiger charge is 2.36. The molecule has 0 saturated heterocycles. The summed E-state index contributed by atoms with van der Waals surface area (Å²) in [6.07, 6.45) is 5.12. The van der Waals surface area contributed by atoms with Crippen molar-refractivity contribution < 1.29 is 9.84 Å². The second-order valence-electron chi connectivity index (χ2n) is 5.91. The van der Waals surface area contributed by atoms with Crippen LogP contribution in [-0.4, -0.2) is 37.5 Å². The monoisotopic (exact) mass is 229 g/mol. The summed E-state index contributed by atoms with van der Waals surface area (Å²) in [5, 5.41) is 13.7. The maximum Gasteiger partial charge on any atom is 0.0772 e. The van der Waals surface area contributed by atoms with Crippen LogP contribution in [-0.2, 0) is 4.74 Å². The van der Waals surface area contributed by atoms with Crippen molar-refractivity contribution in [2.45, 2.75) is 51.6 Å². The van der Waals surface area contributed by atoms with Gasteiger partial charge in [0.2, 0.25) is 0 Å². The van der Waals surface area contributed by atoms with Crippen LogP contribution in [0.5, 0.6) is 0 Å². The van der Waals surface area contributed by atoms with Gasteiger partial charge in [-0.1, -0.05) is 13.8 Å². The molecule has 0 aromatic rings. The predicted octanol–water partition coefficient (Wildman–Crippen LogP) is 1.94. The molecule has 0 heterocycles. The molecular formula is C13H27NO2. The zero-order chi connectivity index (χ0) is 12.1. The average Bonchev–Trinajstić information content (AvgIpc) is 2.23. The quantitative estimate of drug-likeness (QED) is 0.684. The number of hydrogen-bond donors (Lipinski definition) is 2. The largest absolute Gasteiger partial charge is 0.389 e. The van der Waals surface area contributed by atoms with E-state index < -0.39 is 5.60 Å². The Morgan fingerprint density at radius 1 is 1.19 bits per heavy atom. The third-order valence-corrected chi connectivity index (χ3v) is 3.69. The van der Waals surface area contributed by atoms with Gasteiger partial charge in [-0.25, -0.2) is 0 Å². The van der Waals surface area contributed by atoms with Gasteiger partial charge in [0.05, 0.1) is 5.60 Å². The first-order valence-electron chi connectivity index (χ1n) is 6.40. The second kappa shape index (κ2) is 5.99. The Kier molecular flexibility index (Phi) is 5.22. The summed E-state index contributed by atoms with van der Waals surface area (Å²) in [4.78, 5) is 0. The van der Waals surface area contributed by atoms with Gasteiger partial charge in [0.15, 0.2) is 0 Å². The van der Waals surface area contributed by atoms with Crippen LogP contribution in [0, 0.1) is 5.41 Å². The van der Waals surface area contributed by atoms with Crippen molar-refractivity contribution in [3.05, 3.63) is 0 Å². The van der Waals surface area contributed by atoms with Gasteiger partial charge in [0.25, 0.3) is 0 Å². The zero-order valence-corrected chi connectivity index (χ0v) is 11.0. The number of methoxy groups -OCH3 is 1. The molecule has 3 heteroatoms. The van der Waals surface area contributed by atoms with E-state index in [0.717, 1.165) is 51.8 Å². The number of ether oxygens (including phenoxy) is 1. The molecule has 0 aliphatic heterocycles. The molecule has 2 N–H and O–H groups in total. The topological polar surface area (TPSA) is 41.5 Å². The Morgan fingerprint density at radius 2 is 1.81 bits per heavy atom. The van der Waals surface area contributed by atoms with Crippen molar-refractivity contribution in [2.75, 3.05) is 26.8 Å². The molecule has 1 saturated carbocycles. The van der Waals surface area contributed by atoms with Gasteiger partial charge in [-0.2, -0.15) is 0 Å². The molecule has 0 amide bonds. The van der Waals surface area contributed by atoms with Crippen LogP contribution in [0.3, 0.4) is 0 Å². The highest BCUT2D eigenvalue weighted by molar-refractivity contribution is 4.90. The van der Waals surface area contributed by atoms with Crippen LogP contribution in [0.4, 0.5) is 0 Å². The van der Waals surface area contributed by atoms with Crippen molar-refractivity contribution in [1.82, 2.24) is 5.32 Å². The molecule has 0 aromatic heterocycles. The van der Waals surface area contributed by atoms with Gasteiger partial charge in [-0.3, -0.25) is 0 Å². The molecule has 1 rings (SSSR count). The number of rotatable bonds is 6. The Balaban J connectivity index is 2.16. The number of hydrogen-bond acceptors (Lipinski definition) is 3. The predicted molar refractivity (Wildman–Crippen MR) is 66.6 cm³/mol. The van der Waals surface area contributed by atoms with E-state index in [1.807, 2.05) is 0 Å². The van der Waals surface area contributed by atoms with E-state index in [9.17, 15) is 5.11 Å². The minimum absolute atomic E-state index is 0.419. The fraction of sp³-hybridized carbons (Fsp3) is 1.00. The Bertz CT molecular complexity index is 194. The van der Waals surface area contributed by atoms with Crippen LogP contribution >= 0.6 is 0 Å². The van der Waals surface area contributed by atoms with E-state index in [1.54, 1.807) is 7.11 Å². The van der Waals surface area contributed by atoms with E-state index in [-0.39, 0.29) is 0 Å². The smallest absolute Gasteiger partial charge is 0.0772 e. The Hall–Kier alpha value is -0.120. The minimum atomic E-state index is -0.470. The van der Waals surface area contributed by atoms with Crippen LogP contribution in [0.25, 0.3) is 0 Å². The first-order valence-corrected chi connectivity index (χ1v) is 6.40. The molecule has 1 aliphatic carbocycles. The third-order valence-electron chi connectivity index (χ3n) is 3.69. The molecule has 0 unspecified atom stereocenters. The fourth-order valence-electron chi connectivity index (χ4n) is 2.23. The molecule has 0 spiro atoms. The number of aliphatic hydroxyl groups is 1. The summed E-state index contributed by atoms with van der Waals surface area (Å²) in [7, 11) is 1.72. The lowest BCUT2D eigenvalue weighted by Crippen LogP contribution is -2.45. The molecular weight excluding hydrogens is 202 g/mol. The molecule has 0 radical (unpaired) electrons. The van der Waals surface area contributed by atoms with E-state index in [2.05, 4.69) is 19.2 Å². The lowest BCUT2D eigenvalue weighted by molar-refractivity contribution is -0.0243. The van der Waals surface area contributed by atoms with Crippen LogP contribution in [0.2, 0.25) is 0 Å². The molecule has 1 aliphatic rings. The van der Waals surface area contributed by atoms with E-state index in [1.165, 1.54) is 0 Å². The van der Waals surface area contributed by atoms with E-state index in [0.29, 0.717) is 5.41 Å². The lowest BCUT2D eigenvalue weighted by atomic mass is 9.71. The first-order chi connectivity index (χ1) is 7.47.